The number of aryl methyl sites for hydroxylation is 1. The molecule has 3 rings (SSSR count). The largest absolute Gasteiger partial charge is 0.416 e. The molecule has 1 aliphatic carbocycles. The molecule has 0 saturated carbocycles. The van der Waals surface area contributed by atoms with E-state index >= 15 is 0 Å². The van der Waals surface area contributed by atoms with E-state index in [1.165, 1.54) is 17.7 Å². The van der Waals surface area contributed by atoms with Crippen LogP contribution in [0.4, 0.5) is 13.2 Å². The second-order valence-electron chi connectivity index (χ2n) is 5.64. The van der Waals surface area contributed by atoms with Crippen LogP contribution in [-0.4, -0.2) is 9.78 Å². The van der Waals surface area contributed by atoms with Crippen molar-refractivity contribution in [3.05, 3.63) is 51.3 Å². The van der Waals surface area contributed by atoms with Gasteiger partial charge in [0.2, 0.25) is 0 Å². The number of alkyl halides is 3. The Bertz CT molecular complexity index is 705. The van der Waals surface area contributed by atoms with Gasteiger partial charge >= 0.3 is 6.18 Å². The van der Waals surface area contributed by atoms with E-state index in [2.05, 4.69) is 5.10 Å². The molecule has 0 fully saturated rings. The third-order valence-electron chi connectivity index (χ3n) is 4.19. The number of aromatic nitrogens is 2. The van der Waals surface area contributed by atoms with Crippen molar-refractivity contribution in [2.75, 3.05) is 0 Å². The van der Waals surface area contributed by atoms with E-state index in [0.717, 1.165) is 43.1 Å². The lowest BCUT2D eigenvalue weighted by Crippen LogP contribution is -2.15. The molecule has 1 heterocycles. The van der Waals surface area contributed by atoms with Gasteiger partial charge in [-0.3, -0.25) is 4.68 Å². The smallest absolute Gasteiger partial charge is 0.265 e. The number of rotatable bonds is 2. The van der Waals surface area contributed by atoms with Gasteiger partial charge in [0.15, 0.2) is 0 Å². The molecule has 0 spiro atoms. The molecule has 0 amide bonds. The van der Waals surface area contributed by atoms with Crippen LogP contribution in [0.5, 0.6) is 0 Å². The van der Waals surface area contributed by atoms with Gasteiger partial charge in [-0.05, 0) is 50.3 Å². The Kier molecular flexibility index (Phi) is 5.97. The molecule has 0 unspecified atom stereocenters. The molecule has 1 aliphatic rings. The summed E-state index contributed by atoms with van der Waals surface area (Å²) in [4.78, 5) is 0. The monoisotopic (exact) mass is 358 g/mol. The number of halogens is 4. The van der Waals surface area contributed by atoms with E-state index in [1.54, 1.807) is 4.68 Å². The van der Waals surface area contributed by atoms with Crippen molar-refractivity contribution in [3.8, 4) is 0 Å². The fourth-order valence-electron chi connectivity index (χ4n) is 3.13. The lowest BCUT2D eigenvalue weighted by Gasteiger charge is -2.17. The van der Waals surface area contributed by atoms with Crippen LogP contribution < -0.4 is 0 Å². The minimum absolute atomic E-state index is 0.0602. The van der Waals surface area contributed by atoms with Crippen LogP contribution in [0.15, 0.2) is 18.2 Å². The van der Waals surface area contributed by atoms with Gasteiger partial charge in [0.05, 0.1) is 17.8 Å². The van der Waals surface area contributed by atoms with Gasteiger partial charge in [0.25, 0.3) is 0 Å². The molecule has 6 heteroatoms. The Morgan fingerprint density at radius 1 is 1.17 bits per heavy atom. The zero-order valence-corrected chi connectivity index (χ0v) is 14.9. The fraction of sp³-hybridized carbons (Fsp3) is 0.500. The summed E-state index contributed by atoms with van der Waals surface area (Å²) in [6, 6.07) is 3.90. The van der Waals surface area contributed by atoms with Gasteiger partial charge in [-0.25, -0.2) is 0 Å². The Balaban J connectivity index is 0.00000100. The van der Waals surface area contributed by atoms with E-state index in [1.807, 2.05) is 20.8 Å². The van der Waals surface area contributed by atoms with E-state index in [9.17, 15) is 13.2 Å². The van der Waals surface area contributed by atoms with Crippen molar-refractivity contribution in [1.82, 2.24) is 9.78 Å². The van der Waals surface area contributed by atoms with Gasteiger partial charge in [-0.2, -0.15) is 18.3 Å². The maximum atomic E-state index is 13.2. The van der Waals surface area contributed by atoms with Crippen LogP contribution >= 0.6 is 11.6 Å². The molecule has 0 saturated heterocycles. The maximum absolute atomic E-state index is 13.2. The SMILES string of the molecule is CC.Cc1nn(Cc2c(Cl)cccc2C(F)(F)F)c2c1CCCC2. The Hall–Kier alpha value is -1.49. The number of benzene rings is 1. The average Bonchev–Trinajstić information content (AvgIpc) is 2.87. The summed E-state index contributed by atoms with van der Waals surface area (Å²) >= 11 is 6.03. The normalized spacial score (nSPS) is 14.0. The summed E-state index contributed by atoms with van der Waals surface area (Å²) < 4.78 is 41.3. The van der Waals surface area contributed by atoms with Crippen LogP contribution in [0.3, 0.4) is 0 Å². The summed E-state index contributed by atoms with van der Waals surface area (Å²) in [6.07, 6.45) is -0.438. The second-order valence-corrected chi connectivity index (χ2v) is 6.05. The van der Waals surface area contributed by atoms with Crippen LogP contribution in [-0.2, 0) is 25.6 Å². The molecule has 1 aromatic carbocycles. The van der Waals surface area contributed by atoms with Gasteiger partial charge in [-0.15, -0.1) is 0 Å². The zero-order chi connectivity index (χ0) is 17.9. The topological polar surface area (TPSA) is 17.8 Å². The maximum Gasteiger partial charge on any atom is 0.416 e. The fourth-order valence-corrected chi connectivity index (χ4v) is 3.37. The minimum atomic E-state index is -4.41. The highest BCUT2D eigenvalue weighted by Crippen LogP contribution is 2.36. The second kappa shape index (κ2) is 7.60. The molecule has 132 valence electrons. The van der Waals surface area contributed by atoms with Crippen LogP contribution in [0.1, 0.15) is 54.8 Å². The van der Waals surface area contributed by atoms with Crippen LogP contribution in [0.2, 0.25) is 5.02 Å². The number of hydrogen-bond acceptors (Lipinski definition) is 1. The van der Waals surface area contributed by atoms with E-state index in [0.29, 0.717) is 0 Å². The Morgan fingerprint density at radius 2 is 1.83 bits per heavy atom. The molecule has 2 nitrogen and oxygen atoms in total. The van der Waals surface area contributed by atoms with Crippen molar-refractivity contribution in [2.24, 2.45) is 0 Å². The summed E-state index contributed by atoms with van der Waals surface area (Å²) in [5.74, 6) is 0. The highest BCUT2D eigenvalue weighted by atomic mass is 35.5. The molecule has 24 heavy (non-hydrogen) atoms. The molecular weight excluding hydrogens is 337 g/mol. The molecule has 0 atom stereocenters. The van der Waals surface area contributed by atoms with Gasteiger partial charge in [0, 0.05) is 16.3 Å². The van der Waals surface area contributed by atoms with Crippen molar-refractivity contribution in [1.29, 1.82) is 0 Å². The molecule has 1 aromatic heterocycles. The first-order valence-electron chi connectivity index (χ1n) is 8.27. The molecule has 0 aliphatic heterocycles. The number of nitrogens with zero attached hydrogens (tertiary/aromatic N) is 2. The Labute approximate surface area is 145 Å². The first-order valence-corrected chi connectivity index (χ1v) is 8.65. The van der Waals surface area contributed by atoms with E-state index in [4.69, 9.17) is 11.6 Å². The van der Waals surface area contributed by atoms with Crippen molar-refractivity contribution < 1.29 is 13.2 Å². The van der Waals surface area contributed by atoms with Gasteiger partial charge in [-0.1, -0.05) is 31.5 Å². The van der Waals surface area contributed by atoms with Crippen LogP contribution in [0, 0.1) is 6.92 Å². The first-order chi connectivity index (χ1) is 11.4. The van der Waals surface area contributed by atoms with E-state index in [-0.39, 0.29) is 17.1 Å². The number of fused-ring (bicyclic) bond motifs is 1. The van der Waals surface area contributed by atoms with E-state index < -0.39 is 11.7 Å². The quantitative estimate of drug-likeness (QED) is 0.661. The third kappa shape index (κ3) is 3.77. The summed E-state index contributed by atoms with van der Waals surface area (Å²) in [6.45, 7) is 5.97. The zero-order valence-electron chi connectivity index (χ0n) is 14.2. The molecule has 2 aromatic rings. The highest BCUT2D eigenvalue weighted by molar-refractivity contribution is 6.31. The van der Waals surface area contributed by atoms with Gasteiger partial charge < -0.3 is 0 Å². The van der Waals surface area contributed by atoms with Crippen molar-refractivity contribution in [3.63, 3.8) is 0 Å². The standard InChI is InChI=1S/C16H16ClF3N2.C2H6/c1-10-11-5-2-3-8-15(11)22(21-10)9-12-13(16(18,19)20)6-4-7-14(12)17;1-2/h4,6-7H,2-3,5,8-9H2,1H3;1-2H3. The number of hydrogen-bond donors (Lipinski definition) is 0. The first kappa shape index (κ1) is 18.8. The van der Waals surface area contributed by atoms with Crippen molar-refractivity contribution >= 4 is 11.6 Å². The van der Waals surface area contributed by atoms with Crippen molar-refractivity contribution in [2.45, 2.75) is 59.2 Å². The van der Waals surface area contributed by atoms with Gasteiger partial charge in [0.1, 0.15) is 0 Å². The minimum Gasteiger partial charge on any atom is -0.265 e. The summed E-state index contributed by atoms with van der Waals surface area (Å²) in [5, 5.41) is 4.57. The molecule has 0 N–H and O–H groups in total. The summed E-state index contributed by atoms with van der Waals surface area (Å²) in [7, 11) is 0. The molecule has 0 bridgehead atoms. The Morgan fingerprint density at radius 3 is 2.50 bits per heavy atom. The molecule has 0 radical (unpaired) electrons. The summed E-state index contributed by atoms with van der Waals surface area (Å²) in [5.41, 5.74) is 2.56. The highest BCUT2D eigenvalue weighted by Gasteiger charge is 2.34. The predicted octanol–water partition coefficient (Wildman–Crippen LogP) is 5.82. The molecular formula is C18H22ClF3N2. The third-order valence-corrected chi connectivity index (χ3v) is 4.54. The lowest BCUT2D eigenvalue weighted by molar-refractivity contribution is -0.138. The average molecular weight is 359 g/mol. The predicted molar refractivity (Wildman–Crippen MR) is 90.5 cm³/mol. The van der Waals surface area contributed by atoms with Crippen LogP contribution in [0.25, 0.3) is 0 Å². The lowest BCUT2D eigenvalue weighted by atomic mass is 9.96.